The normalized spacial score (nSPS) is 13.3. The van der Waals surface area contributed by atoms with Crippen molar-refractivity contribution in [2.75, 3.05) is 11.9 Å². The van der Waals surface area contributed by atoms with Gasteiger partial charge in [-0.1, -0.05) is 13.8 Å². The average molecular weight is 305 g/mol. The van der Waals surface area contributed by atoms with E-state index in [1.807, 2.05) is 13.8 Å². The third kappa shape index (κ3) is 4.89. The van der Waals surface area contributed by atoms with Gasteiger partial charge in [0.15, 0.2) is 0 Å². The van der Waals surface area contributed by atoms with Crippen LogP contribution < -0.4 is 11.1 Å². The minimum atomic E-state index is -4.62. The molecule has 1 aromatic rings. The lowest BCUT2D eigenvalue weighted by Crippen LogP contribution is -2.30. The van der Waals surface area contributed by atoms with E-state index in [9.17, 15) is 23.3 Å². The van der Waals surface area contributed by atoms with Crippen molar-refractivity contribution >= 4 is 11.4 Å². The second-order valence-corrected chi connectivity index (χ2v) is 5.19. The Morgan fingerprint density at radius 3 is 2.43 bits per heavy atom. The molecule has 0 spiro atoms. The standard InChI is InChI=1S/C13H18F3N3O2/c1-8(2)5-10(7-17)18-11-4-3-9(13(14,15)16)6-12(11)19(20)21/h3-4,6,8,10,18H,5,7,17H2,1-2H3. The minimum absolute atomic E-state index is 0.0455. The number of nitro benzene ring substituents is 1. The number of nitro groups is 1. The van der Waals surface area contributed by atoms with Crippen LogP contribution in [0.3, 0.4) is 0 Å². The van der Waals surface area contributed by atoms with Crippen molar-refractivity contribution in [1.29, 1.82) is 0 Å². The highest BCUT2D eigenvalue weighted by Crippen LogP contribution is 2.35. The van der Waals surface area contributed by atoms with Crippen molar-refractivity contribution in [3.05, 3.63) is 33.9 Å². The Labute approximate surface area is 120 Å². The molecule has 0 saturated heterocycles. The summed E-state index contributed by atoms with van der Waals surface area (Å²) in [6, 6.07) is 2.19. The highest BCUT2D eigenvalue weighted by Gasteiger charge is 2.33. The van der Waals surface area contributed by atoms with Crippen molar-refractivity contribution < 1.29 is 18.1 Å². The molecule has 0 aliphatic heterocycles. The van der Waals surface area contributed by atoms with E-state index < -0.39 is 22.4 Å². The maximum Gasteiger partial charge on any atom is 0.416 e. The molecule has 1 atom stereocenters. The highest BCUT2D eigenvalue weighted by molar-refractivity contribution is 5.63. The van der Waals surface area contributed by atoms with Gasteiger partial charge < -0.3 is 11.1 Å². The first-order valence-corrected chi connectivity index (χ1v) is 6.47. The summed E-state index contributed by atoms with van der Waals surface area (Å²) in [5, 5.41) is 13.8. The summed E-state index contributed by atoms with van der Waals surface area (Å²) in [5.74, 6) is 0.305. The molecule has 0 bridgehead atoms. The van der Waals surface area contributed by atoms with Crippen molar-refractivity contribution in [2.24, 2.45) is 11.7 Å². The highest BCUT2D eigenvalue weighted by atomic mass is 19.4. The molecule has 3 N–H and O–H groups in total. The van der Waals surface area contributed by atoms with E-state index in [0.29, 0.717) is 18.4 Å². The Hall–Kier alpha value is -1.83. The van der Waals surface area contributed by atoms with Gasteiger partial charge in [0.25, 0.3) is 5.69 Å². The van der Waals surface area contributed by atoms with E-state index in [0.717, 1.165) is 12.1 Å². The quantitative estimate of drug-likeness (QED) is 0.623. The van der Waals surface area contributed by atoms with Crippen LogP contribution in [0.1, 0.15) is 25.8 Å². The van der Waals surface area contributed by atoms with Gasteiger partial charge in [-0.15, -0.1) is 0 Å². The number of nitrogens with two attached hydrogens (primary N) is 1. The Bertz CT molecular complexity index is 504. The maximum atomic E-state index is 12.6. The van der Waals surface area contributed by atoms with Crippen LogP contribution in [0, 0.1) is 16.0 Å². The van der Waals surface area contributed by atoms with Gasteiger partial charge in [0.2, 0.25) is 0 Å². The van der Waals surface area contributed by atoms with Crippen molar-refractivity contribution in [1.82, 2.24) is 0 Å². The number of nitrogens with one attached hydrogen (secondary N) is 1. The van der Waals surface area contributed by atoms with E-state index >= 15 is 0 Å². The van der Waals surface area contributed by atoms with Crippen LogP contribution in [0.4, 0.5) is 24.5 Å². The predicted octanol–water partition coefficient (Wildman–Crippen LogP) is 3.40. The molecule has 8 heteroatoms. The van der Waals surface area contributed by atoms with Crippen LogP contribution in [0.25, 0.3) is 0 Å². The van der Waals surface area contributed by atoms with Crippen LogP contribution in [-0.2, 0) is 6.18 Å². The molecule has 1 aromatic carbocycles. The Kier molecular flexibility index (Phi) is 5.54. The summed E-state index contributed by atoms with van der Waals surface area (Å²) in [7, 11) is 0. The van der Waals surface area contributed by atoms with Crippen molar-refractivity contribution in [3.8, 4) is 0 Å². The summed E-state index contributed by atoms with van der Waals surface area (Å²) < 4.78 is 37.8. The monoisotopic (exact) mass is 305 g/mol. The summed E-state index contributed by atoms with van der Waals surface area (Å²) in [6.07, 6.45) is -3.96. The topological polar surface area (TPSA) is 81.2 Å². The lowest BCUT2D eigenvalue weighted by atomic mass is 10.0. The number of benzene rings is 1. The van der Waals surface area contributed by atoms with Gasteiger partial charge in [0, 0.05) is 18.7 Å². The third-order valence-corrected chi connectivity index (χ3v) is 2.92. The predicted molar refractivity (Wildman–Crippen MR) is 74.0 cm³/mol. The third-order valence-electron chi connectivity index (χ3n) is 2.92. The maximum absolute atomic E-state index is 12.6. The first kappa shape index (κ1) is 17.2. The molecule has 0 aliphatic rings. The van der Waals surface area contributed by atoms with Crippen LogP contribution in [-0.4, -0.2) is 17.5 Å². The molecule has 1 unspecified atom stereocenters. The molecule has 0 aromatic heterocycles. The summed E-state index contributed by atoms with van der Waals surface area (Å²) in [5.41, 5.74) is 3.97. The van der Waals surface area contributed by atoms with Gasteiger partial charge in [-0.25, -0.2) is 0 Å². The minimum Gasteiger partial charge on any atom is -0.375 e. The lowest BCUT2D eigenvalue weighted by molar-refractivity contribution is -0.384. The van der Waals surface area contributed by atoms with E-state index in [2.05, 4.69) is 5.32 Å². The molecule has 1 rings (SSSR count). The molecule has 0 heterocycles. The van der Waals surface area contributed by atoms with Gasteiger partial charge in [-0.2, -0.15) is 13.2 Å². The first-order chi connectivity index (χ1) is 9.65. The van der Waals surface area contributed by atoms with E-state index in [4.69, 9.17) is 5.73 Å². The van der Waals surface area contributed by atoms with E-state index in [-0.39, 0.29) is 18.3 Å². The number of hydrogen-bond donors (Lipinski definition) is 2. The van der Waals surface area contributed by atoms with E-state index in [1.54, 1.807) is 0 Å². The Balaban J connectivity index is 3.09. The summed E-state index contributed by atoms with van der Waals surface area (Å²) >= 11 is 0. The largest absolute Gasteiger partial charge is 0.416 e. The second kappa shape index (κ2) is 6.75. The molecule has 0 aliphatic carbocycles. The molecule has 118 valence electrons. The van der Waals surface area contributed by atoms with Crippen LogP contribution in [0.2, 0.25) is 0 Å². The molecule has 0 amide bonds. The Morgan fingerprint density at radius 1 is 1.38 bits per heavy atom. The second-order valence-electron chi connectivity index (χ2n) is 5.19. The number of nitrogens with zero attached hydrogens (tertiary/aromatic N) is 1. The molecule has 0 saturated carbocycles. The smallest absolute Gasteiger partial charge is 0.375 e. The summed E-state index contributed by atoms with van der Waals surface area (Å²) in [6.45, 7) is 4.16. The fourth-order valence-electron chi connectivity index (χ4n) is 1.98. The fourth-order valence-corrected chi connectivity index (χ4v) is 1.98. The average Bonchev–Trinajstić information content (AvgIpc) is 2.36. The molecule has 21 heavy (non-hydrogen) atoms. The SMILES string of the molecule is CC(C)CC(CN)Nc1ccc(C(F)(F)F)cc1[N+](=O)[O-]. The lowest BCUT2D eigenvalue weighted by Gasteiger charge is -2.20. The molecule has 0 radical (unpaired) electrons. The van der Waals surface area contributed by atoms with Gasteiger partial charge >= 0.3 is 6.18 Å². The van der Waals surface area contributed by atoms with Crippen molar-refractivity contribution in [3.63, 3.8) is 0 Å². The Morgan fingerprint density at radius 2 is 2.00 bits per heavy atom. The number of rotatable bonds is 6. The van der Waals surface area contributed by atoms with Crippen LogP contribution >= 0.6 is 0 Å². The van der Waals surface area contributed by atoms with Gasteiger partial charge in [-0.05, 0) is 24.5 Å². The van der Waals surface area contributed by atoms with E-state index in [1.165, 1.54) is 0 Å². The van der Waals surface area contributed by atoms with Crippen molar-refractivity contribution in [2.45, 2.75) is 32.5 Å². The number of halogens is 3. The summed E-state index contributed by atoms with van der Waals surface area (Å²) in [4.78, 5) is 10.1. The van der Waals surface area contributed by atoms with Gasteiger partial charge in [0.05, 0.1) is 10.5 Å². The molecular formula is C13H18F3N3O2. The zero-order valence-corrected chi connectivity index (χ0v) is 11.8. The number of alkyl halides is 3. The molecule has 0 fully saturated rings. The van der Waals surface area contributed by atoms with Gasteiger partial charge in [-0.3, -0.25) is 10.1 Å². The van der Waals surface area contributed by atoms with Crippen LogP contribution in [0.15, 0.2) is 18.2 Å². The zero-order chi connectivity index (χ0) is 16.2. The fraction of sp³-hybridized carbons (Fsp3) is 0.538. The van der Waals surface area contributed by atoms with Crippen LogP contribution in [0.5, 0.6) is 0 Å². The first-order valence-electron chi connectivity index (χ1n) is 6.47. The molecular weight excluding hydrogens is 287 g/mol. The number of anilines is 1. The number of hydrogen-bond acceptors (Lipinski definition) is 4. The molecule has 5 nitrogen and oxygen atoms in total. The van der Waals surface area contributed by atoms with Gasteiger partial charge in [0.1, 0.15) is 5.69 Å². The zero-order valence-electron chi connectivity index (χ0n) is 11.8.